The second kappa shape index (κ2) is 8.43. The van der Waals surface area contributed by atoms with E-state index in [1.807, 2.05) is 43.3 Å². The molecule has 0 aliphatic carbocycles. The van der Waals surface area contributed by atoms with Crippen LogP contribution < -0.4 is 15.4 Å². The van der Waals surface area contributed by atoms with E-state index in [0.29, 0.717) is 12.6 Å². The van der Waals surface area contributed by atoms with Crippen LogP contribution in [0, 0.1) is 0 Å². The molecule has 0 saturated heterocycles. The van der Waals surface area contributed by atoms with Gasteiger partial charge in [0.15, 0.2) is 0 Å². The van der Waals surface area contributed by atoms with Crippen LogP contribution in [0.3, 0.4) is 0 Å². The van der Waals surface area contributed by atoms with E-state index in [2.05, 4.69) is 50.0 Å². The highest BCUT2D eigenvalue weighted by molar-refractivity contribution is 5.83. The third-order valence-corrected chi connectivity index (χ3v) is 4.46. The molecule has 28 heavy (non-hydrogen) atoms. The molecule has 2 aromatic heterocycles. The van der Waals surface area contributed by atoms with Crippen LogP contribution in [0.15, 0.2) is 67.0 Å². The van der Waals surface area contributed by atoms with Crippen molar-refractivity contribution < 1.29 is 4.74 Å². The summed E-state index contributed by atoms with van der Waals surface area (Å²) in [6.07, 6.45) is 4.72. The summed E-state index contributed by atoms with van der Waals surface area (Å²) < 4.78 is 5.64. The van der Waals surface area contributed by atoms with Crippen LogP contribution in [-0.4, -0.2) is 28.1 Å². The molecule has 0 unspecified atom stereocenters. The van der Waals surface area contributed by atoms with Crippen molar-refractivity contribution in [1.29, 1.82) is 0 Å². The van der Waals surface area contributed by atoms with Gasteiger partial charge in [0, 0.05) is 29.8 Å². The normalized spacial score (nSPS) is 10.8. The molecule has 0 fully saturated rings. The highest BCUT2D eigenvalue weighted by Gasteiger charge is 2.06. The molecule has 2 heterocycles. The fourth-order valence-corrected chi connectivity index (χ4v) is 3.15. The van der Waals surface area contributed by atoms with Crippen molar-refractivity contribution in [1.82, 2.24) is 15.0 Å². The molecular weight excluding hydrogens is 350 g/mol. The lowest BCUT2D eigenvalue weighted by atomic mass is 10.1. The van der Waals surface area contributed by atoms with Crippen molar-refractivity contribution in [3.63, 3.8) is 0 Å². The first kappa shape index (κ1) is 17.9. The first-order valence-electron chi connectivity index (χ1n) is 9.44. The minimum absolute atomic E-state index is 0.532. The van der Waals surface area contributed by atoms with Gasteiger partial charge in [-0.05, 0) is 43.2 Å². The zero-order valence-corrected chi connectivity index (χ0v) is 15.8. The quantitative estimate of drug-likeness (QED) is 0.415. The van der Waals surface area contributed by atoms with Gasteiger partial charge >= 0.3 is 0 Å². The molecule has 4 aromatic rings. The van der Waals surface area contributed by atoms with Gasteiger partial charge in [0.1, 0.15) is 11.6 Å². The SMILES string of the molecule is CCOc1ccccc1Nc1nccc(NCCc2c[nH]c3ccccc23)n1. The lowest BCUT2D eigenvalue weighted by Crippen LogP contribution is -2.08. The number of hydrogen-bond acceptors (Lipinski definition) is 5. The first-order chi connectivity index (χ1) is 13.8. The molecule has 4 rings (SSSR count). The number of benzene rings is 2. The Kier molecular flexibility index (Phi) is 5.38. The Morgan fingerprint density at radius 3 is 2.82 bits per heavy atom. The van der Waals surface area contributed by atoms with Gasteiger partial charge in [-0.3, -0.25) is 0 Å². The average molecular weight is 373 g/mol. The summed E-state index contributed by atoms with van der Waals surface area (Å²) in [6.45, 7) is 3.36. The summed E-state index contributed by atoms with van der Waals surface area (Å²) in [7, 11) is 0. The Labute approximate surface area is 164 Å². The first-order valence-corrected chi connectivity index (χ1v) is 9.44. The monoisotopic (exact) mass is 373 g/mol. The Balaban J connectivity index is 1.40. The fourth-order valence-electron chi connectivity index (χ4n) is 3.15. The van der Waals surface area contributed by atoms with Crippen LogP contribution in [0.2, 0.25) is 0 Å². The van der Waals surface area contributed by atoms with E-state index in [-0.39, 0.29) is 0 Å². The zero-order chi connectivity index (χ0) is 19.2. The summed E-state index contributed by atoms with van der Waals surface area (Å²) in [5, 5.41) is 7.88. The number of H-pyrrole nitrogens is 1. The van der Waals surface area contributed by atoms with Crippen LogP contribution in [0.5, 0.6) is 5.75 Å². The van der Waals surface area contributed by atoms with Crippen LogP contribution in [0.4, 0.5) is 17.5 Å². The topological polar surface area (TPSA) is 74.9 Å². The number of hydrogen-bond donors (Lipinski definition) is 3. The van der Waals surface area contributed by atoms with Gasteiger partial charge < -0.3 is 20.4 Å². The molecule has 0 amide bonds. The van der Waals surface area contributed by atoms with Crippen LogP contribution in [0.1, 0.15) is 12.5 Å². The molecular formula is C22H23N5O. The molecule has 0 saturated carbocycles. The largest absolute Gasteiger partial charge is 0.492 e. The van der Waals surface area contributed by atoms with Gasteiger partial charge in [0.05, 0.1) is 12.3 Å². The van der Waals surface area contributed by atoms with Crippen LogP contribution in [0.25, 0.3) is 10.9 Å². The van der Waals surface area contributed by atoms with E-state index in [4.69, 9.17) is 4.74 Å². The van der Waals surface area contributed by atoms with Crippen molar-refractivity contribution in [3.8, 4) is 5.75 Å². The van der Waals surface area contributed by atoms with Gasteiger partial charge in [0.2, 0.25) is 5.95 Å². The summed E-state index contributed by atoms with van der Waals surface area (Å²) in [5.74, 6) is 2.10. The van der Waals surface area contributed by atoms with Crippen molar-refractivity contribution in [2.24, 2.45) is 0 Å². The van der Waals surface area contributed by atoms with Crippen molar-refractivity contribution >= 4 is 28.4 Å². The highest BCUT2D eigenvalue weighted by Crippen LogP contribution is 2.26. The number of anilines is 3. The second-order valence-corrected chi connectivity index (χ2v) is 6.36. The lowest BCUT2D eigenvalue weighted by molar-refractivity contribution is 0.342. The second-order valence-electron chi connectivity index (χ2n) is 6.36. The third kappa shape index (κ3) is 4.06. The molecule has 3 N–H and O–H groups in total. The van der Waals surface area contributed by atoms with E-state index in [1.54, 1.807) is 6.20 Å². The van der Waals surface area contributed by atoms with Gasteiger partial charge in [-0.25, -0.2) is 4.98 Å². The van der Waals surface area contributed by atoms with E-state index >= 15 is 0 Å². The van der Waals surface area contributed by atoms with Crippen LogP contribution in [-0.2, 0) is 6.42 Å². The lowest BCUT2D eigenvalue weighted by Gasteiger charge is -2.12. The van der Waals surface area contributed by atoms with Crippen molar-refractivity contribution in [2.75, 3.05) is 23.8 Å². The number of nitrogens with one attached hydrogen (secondary N) is 3. The Morgan fingerprint density at radius 2 is 1.89 bits per heavy atom. The average Bonchev–Trinajstić information content (AvgIpc) is 3.13. The highest BCUT2D eigenvalue weighted by atomic mass is 16.5. The summed E-state index contributed by atoms with van der Waals surface area (Å²) >= 11 is 0. The predicted octanol–water partition coefficient (Wildman–Crippen LogP) is 4.75. The molecule has 0 bridgehead atoms. The van der Waals surface area contributed by atoms with E-state index in [1.165, 1.54) is 16.5 Å². The number of para-hydroxylation sites is 3. The van der Waals surface area contributed by atoms with E-state index < -0.39 is 0 Å². The number of aromatic nitrogens is 3. The van der Waals surface area contributed by atoms with Gasteiger partial charge in [-0.1, -0.05) is 30.3 Å². The summed E-state index contributed by atoms with van der Waals surface area (Å²) in [6, 6.07) is 18.0. The Morgan fingerprint density at radius 1 is 1.04 bits per heavy atom. The van der Waals surface area contributed by atoms with Gasteiger partial charge in [-0.15, -0.1) is 0 Å². The van der Waals surface area contributed by atoms with Crippen LogP contribution >= 0.6 is 0 Å². The molecule has 6 heteroatoms. The number of aromatic amines is 1. The molecule has 0 spiro atoms. The molecule has 142 valence electrons. The Bertz CT molecular complexity index is 1060. The van der Waals surface area contributed by atoms with Gasteiger partial charge in [0.25, 0.3) is 0 Å². The Hall–Kier alpha value is -3.54. The molecule has 0 radical (unpaired) electrons. The predicted molar refractivity (Wildman–Crippen MR) is 113 cm³/mol. The third-order valence-electron chi connectivity index (χ3n) is 4.46. The molecule has 2 aromatic carbocycles. The number of rotatable bonds is 8. The molecule has 0 aliphatic rings. The number of nitrogens with zero attached hydrogens (tertiary/aromatic N) is 2. The van der Waals surface area contributed by atoms with Gasteiger partial charge in [-0.2, -0.15) is 4.98 Å². The zero-order valence-electron chi connectivity index (χ0n) is 15.8. The minimum atomic E-state index is 0.532. The van der Waals surface area contributed by atoms with Crippen molar-refractivity contribution in [2.45, 2.75) is 13.3 Å². The van der Waals surface area contributed by atoms with Crippen molar-refractivity contribution in [3.05, 3.63) is 72.6 Å². The fraction of sp³-hybridized carbons (Fsp3) is 0.182. The number of ether oxygens (including phenoxy) is 1. The standard InChI is InChI=1S/C22H23N5O/c1-2-28-20-10-6-5-9-19(20)26-22-24-14-12-21(27-22)23-13-11-16-15-25-18-8-4-3-7-17(16)18/h3-10,12,14-15,25H,2,11,13H2,1H3,(H2,23,24,26,27). The van der Waals surface area contributed by atoms with E-state index in [9.17, 15) is 0 Å². The molecule has 0 aliphatic heterocycles. The maximum Gasteiger partial charge on any atom is 0.229 e. The maximum absolute atomic E-state index is 5.64. The smallest absolute Gasteiger partial charge is 0.229 e. The summed E-state index contributed by atoms with van der Waals surface area (Å²) in [5.41, 5.74) is 3.31. The maximum atomic E-state index is 5.64. The summed E-state index contributed by atoms with van der Waals surface area (Å²) in [4.78, 5) is 12.2. The molecule has 6 nitrogen and oxygen atoms in total. The molecule has 0 atom stereocenters. The minimum Gasteiger partial charge on any atom is -0.492 e. The number of fused-ring (bicyclic) bond motifs is 1. The van der Waals surface area contributed by atoms with E-state index in [0.717, 1.165) is 30.2 Å².